The van der Waals surface area contributed by atoms with Gasteiger partial charge in [-0.2, -0.15) is 0 Å². The second-order valence-electron chi connectivity index (χ2n) is 6.45. The van der Waals surface area contributed by atoms with Crippen LogP contribution in [0.2, 0.25) is 0 Å². The number of anilines is 1. The van der Waals surface area contributed by atoms with Gasteiger partial charge in [-0.1, -0.05) is 37.3 Å². The summed E-state index contributed by atoms with van der Waals surface area (Å²) >= 11 is 0. The van der Waals surface area contributed by atoms with Gasteiger partial charge in [-0.15, -0.1) is 0 Å². The molecule has 24 heavy (non-hydrogen) atoms. The molecule has 3 rings (SSSR count). The van der Waals surface area contributed by atoms with Crippen LogP contribution in [-0.4, -0.2) is 40.4 Å². The van der Waals surface area contributed by atoms with Crippen LogP contribution in [-0.2, 0) is 4.79 Å². The van der Waals surface area contributed by atoms with Gasteiger partial charge in [0.15, 0.2) is 0 Å². The molecule has 0 spiro atoms. The minimum Gasteiger partial charge on any atom is -0.303 e. The fraction of sp³-hybridized carbons (Fsp3) is 0.421. The smallest absolute Gasteiger partial charge is 0.229 e. The number of piperidine rings is 1. The predicted molar refractivity (Wildman–Crippen MR) is 94.7 cm³/mol. The molecule has 2 aromatic rings. The molecule has 1 aliphatic heterocycles. The van der Waals surface area contributed by atoms with Crippen molar-refractivity contribution in [1.29, 1.82) is 0 Å². The van der Waals surface area contributed by atoms with Gasteiger partial charge in [-0.05, 0) is 43.5 Å². The lowest BCUT2D eigenvalue weighted by Crippen LogP contribution is -2.39. The van der Waals surface area contributed by atoms with Crippen LogP contribution >= 0.6 is 0 Å². The molecule has 1 aromatic heterocycles. The summed E-state index contributed by atoms with van der Waals surface area (Å²) in [5.41, 5.74) is 1.37. The molecule has 1 atom stereocenters. The molecule has 0 aliphatic carbocycles. The van der Waals surface area contributed by atoms with Gasteiger partial charge in [0, 0.05) is 24.9 Å². The van der Waals surface area contributed by atoms with E-state index >= 15 is 0 Å². The summed E-state index contributed by atoms with van der Waals surface area (Å²) in [6, 6.07) is 12.3. The Kier molecular flexibility index (Phi) is 5.54. The molecule has 1 aliphatic rings. The molecule has 0 bridgehead atoms. The quantitative estimate of drug-likeness (QED) is 0.919. The van der Waals surface area contributed by atoms with Crippen LogP contribution in [0.3, 0.4) is 0 Å². The van der Waals surface area contributed by atoms with Crippen molar-refractivity contribution < 1.29 is 4.79 Å². The van der Waals surface area contributed by atoms with Gasteiger partial charge in [0.25, 0.3) is 0 Å². The lowest BCUT2D eigenvalue weighted by atomic mass is 9.94. The van der Waals surface area contributed by atoms with E-state index in [1.165, 1.54) is 5.56 Å². The second kappa shape index (κ2) is 8.02. The number of hydrogen-bond acceptors (Lipinski definition) is 4. The van der Waals surface area contributed by atoms with Gasteiger partial charge in [0.05, 0.1) is 0 Å². The van der Waals surface area contributed by atoms with Crippen molar-refractivity contribution in [3.63, 3.8) is 0 Å². The highest BCUT2D eigenvalue weighted by Crippen LogP contribution is 2.22. The van der Waals surface area contributed by atoms with Crippen molar-refractivity contribution >= 4 is 11.9 Å². The Hall–Kier alpha value is -2.27. The highest BCUT2D eigenvalue weighted by atomic mass is 16.2. The molecule has 1 saturated heterocycles. The van der Waals surface area contributed by atoms with E-state index in [9.17, 15) is 4.79 Å². The minimum absolute atomic E-state index is 0.0388. The Balaban J connectivity index is 1.46. The van der Waals surface area contributed by atoms with Crippen molar-refractivity contribution in [1.82, 2.24) is 14.9 Å². The van der Waals surface area contributed by atoms with E-state index in [2.05, 4.69) is 57.4 Å². The summed E-state index contributed by atoms with van der Waals surface area (Å²) in [4.78, 5) is 22.9. The third-order valence-corrected chi connectivity index (χ3v) is 4.66. The maximum atomic E-state index is 12.3. The molecule has 5 nitrogen and oxygen atoms in total. The van der Waals surface area contributed by atoms with Crippen LogP contribution < -0.4 is 5.32 Å². The summed E-state index contributed by atoms with van der Waals surface area (Å²) < 4.78 is 0. The van der Waals surface area contributed by atoms with Crippen LogP contribution in [0.15, 0.2) is 48.8 Å². The van der Waals surface area contributed by atoms with Crippen molar-refractivity contribution in [3.8, 4) is 0 Å². The SMILES string of the molecule is C[C@H](CN1CCC(C(=O)Nc2ncccn2)CC1)c1ccccc1. The number of likely N-dealkylation sites (tertiary alicyclic amines) is 1. The van der Waals surface area contributed by atoms with E-state index in [4.69, 9.17) is 0 Å². The number of rotatable bonds is 5. The first-order chi connectivity index (χ1) is 11.7. The van der Waals surface area contributed by atoms with E-state index in [0.29, 0.717) is 11.9 Å². The zero-order valence-electron chi connectivity index (χ0n) is 14.1. The Morgan fingerprint density at radius 2 is 1.83 bits per heavy atom. The lowest BCUT2D eigenvalue weighted by Gasteiger charge is -2.33. The molecule has 1 fully saturated rings. The lowest BCUT2D eigenvalue weighted by molar-refractivity contribution is -0.121. The maximum Gasteiger partial charge on any atom is 0.229 e. The Labute approximate surface area is 143 Å². The first kappa shape index (κ1) is 16.6. The van der Waals surface area contributed by atoms with Gasteiger partial charge in [0.2, 0.25) is 11.9 Å². The molecule has 0 unspecified atom stereocenters. The molecule has 0 radical (unpaired) electrons. The number of amides is 1. The standard InChI is InChI=1S/C19H24N4O/c1-15(16-6-3-2-4-7-16)14-23-12-8-17(9-13-23)18(24)22-19-20-10-5-11-21-19/h2-7,10-11,15,17H,8-9,12-14H2,1H3,(H,20,21,22,24)/t15-/m1/s1. The Morgan fingerprint density at radius 1 is 1.17 bits per heavy atom. The number of carbonyl (C=O) groups is 1. The number of carbonyl (C=O) groups excluding carboxylic acids is 1. The van der Waals surface area contributed by atoms with Gasteiger partial charge >= 0.3 is 0 Å². The van der Waals surface area contributed by atoms with E-state index in [-0.39, 0.29) is 11.8 Å². The molecule has 0 saturated carbocycles. The van der Waals surface area contributed by atoms with Crippen LogP contribution in [0, 0.1) is 5.92 Å². The van der Waals surface area contributed by atoms with Gasteiger partial charge in [-0.3, -0.25) is 10.1 Å². The number of benzene rings is 1. The molecule has 1 N–H and O–H groups in total. The van der Waals surface area contributed by atoms with Crippen LogP contribution in [0.25, 0.3) is 0 Å². The van der Waals surface area contributed by atoms with Crippen molar-refractivity contribution in [3.05, 3.63) is 54.4 Å². The summed E-state index contributed by atoms with van der Waals surface area (Å²) in [5.74, 6) is 0.992. The number of nitrogens with zero attached hydrogens (tertiary/aromatic N) is 3. The normalized spacial score (nSPS) is 17.4. The average Bonchev–Trinajstić information content (AvgIpc) is 2.64. The molecule has 2 heterocycles. The van der Waals surface area contributed by atoms with E-state index < -0.39 is 0 Å². The number of aromatic nitrogens is 2. The monoisotopic (exact) mass is 324 g/mol. The van der Waals surface area contributed by atoms with E-state index in [1.54, 1.807) is 18.5 Å². The molecular formula is C19H24N4O. The number of hydrogen-bond donors (Lipinski definition) is 1. The third kappa shape index (κ3) is 4.38. The van der Waals surface area contributed by atoms with Crippen molar-refractivity contribution in [2.24, 2.45) is 5.92 Å². The summed E-state index contributed by atoms with van der Waals surface area (Å²) in [5, 5.41) is 2.81. The van der Waals surface area contributed by atoms with Gasteiger partial charge in [-0.25, -0.2) is 9.97 Å². The van der Waals surface area contributed by atoms with Gasteiger partial charge < -0.3 is 4.90 Å². The first-order valence-corrected chi connectivity index (χ1v) is 8.57. The topological polar surface area (TPSA) is 58.1 Å². The largest absolute Gasteiger partial charge is 0.303 e. The molecular weight excluding hydrogens is 300 g/mol. The summed E-state index contributed by atoms with van der Waals surface area (Å²) in [7, 11) is 0. The zero-order chi connectivity index (χ0) is 16.8. The summed E-state index contributed by atoms with van der Waals surface area (Å²) in [6.07, 6.45) is 5.05. The van der Waals surface area contributed by atoms with Crippen LogP contribution in [0.1, 0.15) is 31.2 Å². The zero-order valence-corrected chi connectivity index (χ0v) is 14.1. The molecule has 5 heteroatoms. The Morgan fingerprint density at radius 3 is 2.50 bits per heavy atom. The maximum absolute atomic E-state index is 12.3. The minimum atomic E-state index is 0.0388. The third-order valence-electron chi connectivity index (χ3n) is 4.66. The predicted octanol–water partition coefficient (Wildman–Crippen LogP) is 2.93. The molecule has 126 valence electrons. The van der Waals surface area contributed by atoms with Crippen LogP contribution in [0.4, 0.5) is 5.95 Å². The van der Waals surface area contributed by atoms with Crippen molar-refractivity contribution in [2.75, 3.05) is 25.0 Å². The highest BCUT2D eigenvalue weighted by molar-refractivity contribution is 5.90. The average molecular weight is 324 g/mol. The van der Waals surface area contributed by atoms with Crippen molar-refractivity contribution in [2.45, 2.75) is 25.7 Å². The fourth-order valence-electron chi connectivity index (χ4n) is 3.23. The second-order valence-corrected chi connectivity index (χ2v) is 6.45. The molecule has 1 amide bonds. The Bertz CT molecular complexity index is 639. The van der Waals surface area contributed by atoms with Gasteiger partial charge in [0.1, 0.15) is 0 Å². The van der Waals surface area contributed by atoms with E-state index in [0.717, 1.165) is 32.5 Å². The fourth-order valence-corrected chi connectivity index (χ4v) is 3.23. The van der Waals surface area contributed by atoms with E-state index in [1.807, 2.05) is 0 Å². The van der Waals surface area contributed by atoms with Crippen LogP contribution in [0.5, 0.6) is 0 Å². The molecule has 1 aromatic carbocycles. The first-order valence-electron chi connectivity index (χ1n) is 8.57. The highest BCUT2D eigenvalue weighted by Gasteiger charge is 2.26. The summed E-state index contributed by atoms with van der Waals surface area (Å²) in [6.45, 7) is 5.23. The number of nitrogens with one attached hydrogen (secondary N) is 1.